The third-order valence-corrected chi connectivity index (χ3v) is 3.60. The number of hydrogen-bond donors (Lipinski definition) is 1. The van der Waals surface area contributed by atoms with E-state index < -0.39 is 18.5 Å². The number of nitrogens with zero attached hydrogens (tertiary/aromatic N) is 1. The molecule has 6 nitrogen and oxygen atoms in total. The van der Waals surface area contributed by atoms with Gasteiger partial charge in [-0.05, 0) is 42.5 Å². The van der Waals surface area contributed by atoms with Crippen LogP contribution < -0.4 is 10.1 Å². The van der Waals surface area contributed by atoms with Crippen molar-refractivity contribution in [1.29, 1.82) is 0 Å². The zero-order valence-electron chi connectivity index (χ0n) is 14.1. The van der Waals surface area contributed by atoms with E-state index >= 15 is 0 Å². The van der Waals surface area contributed by atoms with Crippen LogP contribution in [-0.4, -0.2) is 23.5 Å². The number of ether oxygens (including phenoxy) is 2. The molecule has 3 rings (SSSR count). The van der Waals surface area contributed by atoms with Crippen molar-refractivity contribution >= 4 is 29.3 Å². The number of halogens is 1. The number of benzene rings is 2. The number of rotatable bonds is 6. The molecule has 2 aromatic carbocycles. The summed E-state index contributed by atoms with van der Waals surface area (Å²) in [4.78, 5) is 27.9. The maximum atomic E-state index is 12.2. The van der Waals surface area contributed by atoms with E-state index in [1.54, 1.807) is 48.5 Å². The fourth-order valence-electron chi connectivity index (χ4n) is 2.15. The van der Waals surface area contributed by atoms with Gasteiger partial charge in [-0.2, -0.15) is 0 Å². The van der Waals surface area contributed by atoms with Crippen LogP contribution in [0.4, 0.5) is 5.82 Å². The first kappa shape index (κ1) is 18.4. The van der Waals surface area contributed by atoms with E-state index in [0.717, 1.165) is 0 Å². The fraction of sp³-hybridized carbons (Fsp3) is 0.0500. The van der Waals surface area contributed by atoms with Gasteiger partial charge < -0.3 is 14.8 Å². The zero-order valence-corrected chi connectivity index (χ0v) is 14.8. The van der Waals surface area contributed by atoms with Gasteiger partial charge in [-0.3, -0.25) is 4.79 Å². The minimum atomic E-state index is -0.632. The molecular weight excluding hydrogens is 368 g/mol. The first-order chi connectivity index (χ1) is 13.1. The summed E-state index contributed by atoms with van der Waals surface area (Å²) in [7, 11) is 0. The number of para-hydroxylation sites is 1. The highest BCUT2D eigenvalue weighted by Gasteiger charge is 2.12. The molecule has 0 radical (unpaired) electrons. The molecule has 1 N–H and O–H groups in total. The van der Waals surface area contributed by atoms with Gasteiger partial charge in [-0.1, -0.05) is 35.9 Å². The zero-order chi connectivity index (χ0) is 19.1. The number of pyridine rings is 1. The summed E-state index contributed by atoms with van der Waals surface area (Å²) in [6.07, 6.45) is 1.40. The van der Waals surface area contributed by atoms with Crippen LogP contribution in [0.2, 0.25) is 5.02 Å². The van der Waals surface area contributed by atoms with Gasteiger partial charge in [0.05, 0.1) is 10.6 Å². The molecule has 0 fully saturated rings. The molecule has 1 amide bonds. The van der Waals surface area contributed by atoms with Gasteiger partial charge in [0.25, 0.3) is 5.91 Å². The highest BCUT2D eigenvalue weighted by molar-refractivity contribution is 6.30. The predicted molar refractivity (Wildman–Crippen MR) is 101 cm³/mol. The number of hydrogen-bond acceptors (Lipinski definition) is 5. The average molecular weight is 383 g/mol. The van der Waals surface area contributed by atoms with Crippen molar-refractivity contribution in [2.24, 2.45) is 0 Å². The number of aromatic nitrogens is 1. The molecule has 0 spiro atoms. The van der Waals surface area contributed by atoms with Gasteiger partial charge in [-0.25, -0.2) is 9.78 Å². The summed E-state index contributed by atoms with van der Waals surface area (Å²) in [5.41, 5.74) is 0.279. The fourth-order valence-corrected chi connectivity index (χ4v) is 2.27. The molecule has 0 saturated heterocycles. The van der Waals surface area contributed by atoms with Crippen LogP contribution >= 0.6 is 11.6 Å². The van der Waals surface area contributed by atoms with Crippen LogP contribution in [0.5, 0.6) is 11.5 Å². The van der Waals surface area contributed by atoms with E-state index in [1.807, 2.05) is 18.2 Å². The Bertz CT molecular complexity index is 930. The Kier molecular flexibility index (Phi) is 6.02. The summed E-state index contributed by atoms with van der Waals surface area (Å²) in [5, 5.41) is 2.96. The second kappa shape index (κ2) is 8.82. The number of esters is 1. The lowest BCUT2D eigenvalue weighted by molar-refractivity contribution is -0.119. The van der Waals surface area contributed by atoms with E-state index in [4.69, 9.17) is 21.1 Å². The minimum Gasteiger partial charge on any atom is -0.457 e. The summed E-state index contributed by atoms with van der Waals surface area (Å²) in [6.45, 7) is -0.438. The maximum absolute atomic E-state index is 12.2. The quantitative estimate of drug-likeness (QED) is 0.642. The van der Waals surface area contributed by atoms with Gasteiger partial charge in [0.15, 0.2) is 6.61 Å². The van der Waals surface area contributed by atoms with Crippen LogP contribution in [0.1, 0.15) is 10.4 Å². The number of amides is 1. The van der Waals surface area contributed by atoms with Crippen molar-refractivity contribution < 1.29 is 19.1 Å². The molecule has 0 saturated carbocycles. The molecule has 0 bridgehead atoms. The first-order valence-electron chi connectivity index (χ1n) is 8.02. The van der Waals surface area contributed by atoms with E-state index in [9.17, 15) is 9.59 Å². The lowest BCUT2D eigenvalue weighted by Crippen LogP contribution is -2.21. The van der Waals surface area contributed by atoms with E-state index in [2.05, 4.69) is 10.3 Å². The summed E-state index contributed by atoms with van der Waals surface area (Å²) in [6, 6.07) is 18.9. The van der Waals surface area contributed by atoms with Crippen LogP contribution in [0.25, 0.3) is 0 Å². The van der Waals surface area contributed by atoms with Crippen LogP contribution in [0.15, 0.2) is 72.9 Å². The van der Waals surface area contributed by atoms with E-state index in [0.29, 0.717) is 22.3 Å². The molecule has 0 aliphatic rings. The van der Waals surface area contributed by atoms with Gasteiger partial charge in [0.2, 0.25) is 0 Å². The van der Waals surface area contributed by atoms with Crippen molar-refractivity contribution in [2.45, 2.75) is 0 Å². The number of carbonyl (C=O) groups is 2. The Hall–Kier alpha value is -3.38. The second-order valence-electron chi connectivity index (χ2n) is 5.43. The molecule has 0 unspecified atom stereocenters. The van der Waals surface area contributed by atoms with Crippen molar-refractivity contribution in [3.05, 3.63) is 83.5 Å². The van der Waals surface area contributed by atoms with Crippen molar-refractivity contribution in [3.8, 4) is 11.5 Å². The van der Waals surface area contributed by atoms with Gasteiger partial charge in [0, 0.05) is 6.20 Å². The van der Waals surface area contributed by atoms with E-state index in [1.165, 1.54) is 6.20 Å². The Labute approximate surface area is 160 Å². The normalized spacial score (nSPS) is 10.1. The highest BCUT2D eigenvalue weighted by Crippen LogP contribution is 2.22. The molecular formula is C20H15ClN2O4. The maximum Gasteiger partial charge on any atom is 0.338 e. The Morgan fingerprint density at radius 2 is 1.74 bits per heavy atom. The Morgan fingerprint density at radius 1 is 0.963 bits per heavy atom. The number of carbonyl (C=O) groups excluding carboxylic acids is 2. The topological polar surface area (TPSA) is 77.5 Å². The molecule has 136 valence electrons. The van der Waals surface area contributed by atoms with Crippen LogP contribution in [-0.2, 0) is 9.53 Å². The molecule has 1 heterocycles. The first-order valence-corrected chi connectivity index (χ1v) is 8.39. The third-order valence-electron chi connectivity index (χ3n) is 3.38. The lowest BCUT2D eigenvalue weighted by atomic mass is 10.2. The SMILES string of the molecule is O=C(COC(=O)c1cccc(Oc2ccccc2)c1)Nc1ccc(Cl)cn1. The Morgan fingerprint density at radius 3 is 2.48 bits per heavy atom. The van der Waals surface area contributed by atoms with Gasteiger partial charge >= 0.3 is 5.97 Å². The van der Waals surface area contributed by atoms with Gasteiger partial charge in [-0.15, -0.1) is 0 Å². The van der Waals surface area contributed by atoms with Crippen molar-refractivity contribution in [1.82, 2.24) is 4.98 Å². The number of nitrogens with one attached hydrogen (secondary N) is 1. The summed E-state index contributed by atoms with van der Waals surface area (Å²) < 4.78 is 10.7. The second-order valence-corrected chi connectivity index (χ2v) is 5.87. The van der Waals surface area contributed by atoms with Crippen LogP contribution in [0, 0.1) is 0 Å². The minimum absolute atomic E-state index is 0.279. The highest BCUT2D eigenvalue weighted by atomic mass is 35.5. The molecule has 0 atom stereocenters. The molecule has 0 aliphatic carbocycles. The third kappa shape index (κ3) is 5.55. The van der Waals surface area contributed by atoms with Crippen molar-refractivity contribution in [2.75, 3.05) is 11.9 Å². The Balaban J connectivity index is 1.55. The monoisotopic (exact) mass is 382 g/mol. The number of anilines is 1. The molecule has 3 aromatic rings. The van der Waals surface area contributed by atoms with E-state index in [-0.39, 0.29) is 5.56 Å². The average Bonchev–Trinajstić information content (AvgIpc) is 2.69. The summed E-state index contributed by atoms with van der Waals surface area (Å²) in [5.74, 6) is 0.324. The molecule has 7 heteroatoms. The predicted octanol–water partition coefficient (Wildman–Crippen LogP) is 4.32. The summed E-state index contributed by atoms with van der Waals surface area (Å²) >= 11 is 5.73. The van der Waals surface area contributed by atoms with Gasteiger partial charge in [0.1, 0.15) is 17.3 Å². The smallest absolute Gasteiger partial charge is 0.338 e. The molecule has 0 aliphatic heterocycles. The van der Waals surface area contributed by atoms with Crippen LogP contribution in [0.3, 0.4) is 0 Å². The molecule has 27 heavy (non-hydrogen) atoms. The lowest BCUT2D eigenvalue weighted by Gasteiger charge is -2.08. The largest absolute Gasteiger partial charge is 0.457 e. The molecule has 1 aromatic heterocycles. The standard InChI is InChI=1S/C20H15ClN2O4/c21-15-9-10-18(22-12-15)23-19(24)13-26-20(25)14-5-4-8-17(11-14)27-16-6-2-1-3-7-16/h1-12H,13H2,(H,22,23,24). The van der Waals surface area contributed by atoms with Crippen molar-refractivity contribution in [3.63, 3.8) is 0 Å².